The van der Waals surface area contributed by atoms with Gasteiger partial charge >= 0.3 is 0 Å². The van der Waals surface area contributed by atoms with E-state index < -0.39 is 0 Å². The van der Waals surface area contributed by atoms with Crippen molar-refractivity contribution in [3.05, 3.63) is 0 Å². The highest BCUT2D eigenvalue weighted by molar-refractivity contribution is 5.33. The van der Waals surface area contributed by atoms with E-state index >= 15 is 0 Å². The van der Waals surface area contributed by atoms with E-state index in [-0.39, 0.29) is 6.23 Å². The number of isocyanates is 1. The quantitative estimate of drug-likeness (QED) is 0.274. The van der Waals surface area contributed by atoms with Gasteiger partial charge in [-0.1, -0.05) is 58.8 Å². The summed E-state index contributed by atoms with van der Waals surface area (Å²) in [4.78, 5) is 14.0. The Hall–Kier alpha value is -0.660. The van der Waals surface area contributed by atoms with Crippen molar-refractivity contribution in [2.24, 2.45) is 4.99 Å². The first-order chi connectivity index (χ1) is 8.85. The van der Waals surface area contributed by atoms with E-state index in [1.54, 1.807) is 6.08 Å². The number of aliphatic imine (C=N–C) groups is 1. The van der Waals surface area contributed by atoms with Crippen LogP contribution < -0.4 is 0 Å². The van der Waals surface area contributed by atoms with E-state index in [9.17, 15) is 4.79 Å². The second-order valence-electron chi connectivity index (χ2n) is 4.81. The Labute approximate surface area is 112 Å². The summed E-state index contributed by atoms with van der Waals surface area (Å²) < 4.78 is 5.54. The summed E-state index contributed by atoms with van der Waals surface area (Å²) in [7, 11) is 0. The van der Waals surface area contributed by atoms with Gasteiger partial charge in [0.2, 0.25) is 6.08 Å². The number of ether oxygens (including phenoxy) is 1. The van der Waals surface area contributed by atoms with Crippen LogP contribution in [0.15, 0.2) is 4.99 Å². The molecule has 0 fully saturated rings. The summed E-state index contributed by atoms with van der Waals surface area (Å²) in [5, 5.41) is 0. The van der Waals surface area contributed by atoms with Crippen molar-refractivity contribution in [3.63, 3.8) is 0 Å². The maximum atomic E-state index is 10.3. The Balaban J connectivity index is 3.48. The van der Waals surface area contributed by atoms with Gasteiger partial charge in [0.05, 0.1) is 0 Å². The first-order valence-electron chi connectivity index (χ1n) is 7.53. The van der Waals surface area contributed by atoms with Gasteiger partial charge in [-0.15, -0.1) is 0 Å². The van der Waals surface area contributed by atoms with Crippen molar-refractivity contribution in [2.45, 2.75) is 84.3 Å². The van der Waals surface area contributed by atoms with Crippen molar-refractivity contribution in [2.75, 3.05) is 6.61 Å². The molecular weight excluding hydrogens is 226 g/mol. The molecule has 18 heavy (non-hydrogen) atoms. The Morgan fingerprint density at radius 3 is 2.17 bits per heavy atom. The molecule has 0 aliphatic heterocycles. The zero-order valence-corrected chi connectivity index (χ0v) is 12.1. The Kier molecular flexibility index (Phi) is 13.9. The normalized spacial score (nSPS) is 12.1. The number of nitrogens with zero attached hydrogens (tertiary/aromatic N) is 1. The summed E-state index contributed by atoms with van der Waals surface area (Å²) in [6.45, 7) is 5.05. The first-order valence-corrected chi connectivity index (χ1v) is 7.53. The SMILES string of the molecule is CCCCCCCCCC(N=C=O)OCCCC. The van der Waals surface area contributed by atoms with Crippen molar-refractivity contribution < 1.29 is 9.53 Å². The molecule has 0 aromatic heterocycles. The zero-order chi connectivity index (χ0) is 13.5. The van der Waals surface area contributed by atoms with Crippen molar-refractivity contribution in [1.29, 1.82) is 0 Å². The number of hydrogen-bond acceptors (Lipinski definition) is 3. The third kappa shape index (κ3) is 11.8. The molecule has 0 bridgehead atoms. The first kappa shape index (κ1) is 17.3. The Morgan fingerprint density at radius 2 is 1.56 bits per heavy atom. The van der Waals surface area contributed by atoms with Gasteiger partial charge in [-0.2, -0.15) is 4.99 Å². The topological polar surface area (TPSA) is 38.7 Å². The van der Waals surface area contributed by atoms with Gasteiger partial charge in [0.15, 0.2) is 6.23 Å². The number of carbonyl (C=O) groups excluding carboxylic acids is 1. The molecule has 0 N–H and O–H groups in total. The molecule has 106 valence electrons. The van der Waals surface area contributed by atoms with Crippen LogP contribution in [0.5, 0.6) is 0 Å². The summed E-state index contributed by atoms with van der Waals surface area (Å²) in [5.41, 5.74) is 0. The van der Waals surface area contributed by atoms with Crippen LogP contribution in [0, 0.1) is 0 Å². The fraction of sp³-hybridized carbons (Fsp3) is 0.933. The van der Waals surface area contributed by atoms with E-state index in [1.807, 2.05) is 0 Å². The van der Waals surface area contributed by atoms with E-state index in [0.29, 0.717) is 6.61 Å². The molecule has 1 unspecified atom stereocenters. The maximum absolute atomic E-state index is 10.3. The molecule has 0 saturated carbocycles. The van der Waals surface area contributed by atoms with Crippen LogP contribution in [-0.4, -0.2) is 18.9 Å². The van der Waals surface area contributed by atoms with Crippen LogP contribution in [0.1, 0.15) is 78.1 Å². The van der Waals surface area contributed by atoms with E-state index in [2.05, 4.69) is 18.8 Å². The lowest BCUT2D eigenvalue weighted by Gasteiger charge is -2.11. The van der Waals surface area contributed by atoms with Crippen LogP contribution in [-0.2, 0) is 9.53 Å². The van der Waals surface area contributed by atoms with Gasteiger partial charge in [0.25, 0.3) is 0 Å². The predicted molar refractivity (Wildman–Crippen MR) is 75.4 cm³/mol. The molecule has 0 heterocycles. The second-order valence-corrected chi connectivity index (χ2v) is 4.81. The van der Waals surface area contributed by atoms with Crippen LogP contribution in [0.25, 0.3) is 0 Å². The van der Waals surface area contributed by atoms with Crippen LogP contribution in [0.4, 0.5) is 0 Å². The zero-order valence-electron chi connectivity index (χ0n) is 12.1. The minimum absolute atomic E-state index is 0.260. The summed E-state index contributed by atoms with van der Waals surface area (Å²) in [6.07, 6.45) is 13.2. The standard InChI is InChI=1S/C15H29NO2/c1-3-5-7-8-9-10-11-12-15(16-14-17)18-13-6-4-2/h15H,3-13H2,1-2H3. The smallest absolute Gasteiger partial charge is 0.237 e. The molecule has 1 atom stereocenters. The van der Waals surface area contributed by atoms with Gasteiger partial charge in [-0.3, -0.25) is 0 Å². The predicted octanol–water partition coefficient (Wildman–Crippen LogP) is 4.61. The third-order valence-electron chi connectivity index (χ3n) is 3.06. The summed E-state index contributed by atoms with van der Waals surface area (Å²) >= 11 is 0. The van der Waals surface area contributed by atoms with E-state index in [0.717, 1.165) is 25.7 Å². The van der Waals surface area contributed by atoms with Crippen molar-refractivity contribution >= 4 is 6.08 Å². The van der Waals surface area contributed by atoms with Gasteiger partial charge in [0, 0.05) is 6.61 Å². The minimum Gasteiger partial charge on any atom is -0.356 e. The lowest BCUT2D eigenvalue weighted by molar-refractivity contribution is 0.0500. The fourth-order valence-electron chi connectivity index (χ4n) is 1.88. The molecule has 0 saturated heterocycles. The highest BCUT2D eigenvalue weighted by Crippen LogP contribution is 2.12. The van der Waals surface area contributed by atoms with E-state index in [4.69, 9.17) is 4.74 Å². The Bertz CT molecular complexity index is 213. The average Bonchev–Trinajstić information content (AvgIpc) is 2.38. The van der Waals surface area contributed by atoms with Crippen LogP contribution in [0.2, 0.25) is 0 Å². The van der Waals surface area contributed by atoms with Crippen LogP contribution in [0.3, 0.4) is 0 Å². The van der Waals surface area contributed by atoms with Crippen LogP contribution >= 0.6 is 0 Å². The highest BCUT2D eigenvalue weighted by atomic mass is 16.5. The second kappa shape index (κ2) is 14.4. The highest BCUT2D eigenvalue weighted by Gasteiger charge is 2.06. The monoisotopic (exact) mass is 255 g/mol. The minimum atomic E-state index is -0.260. The molecule has 0 amide bonds. The largest absolute Gasteiger partial charge is 0.356 e. The molecule has 0 spiro atoms. The molecule has 0 aliphatic carbocycles. The fourth-order valence-corrected chi connectivity index (χ4v) is 1.88. The van der Waals surface area contributed by atoms with Crippen molar-refractivity contribution in [1.82, 2.24) is 0 Å². The number of unbranched alkanes of at least 4 members (excludes halogenated alkanes) is 7. The molecular formula is C15H29NO2. The number of hydrogen-bond donors (Lipinski definition) is 0. The van der Waals surface area contributed by atoms with Gasteiger partial charge < -0.3 is 4.74 Å². The van der Waals surface area contributed by atoms with Gasteiger partial charge in [0.1, 0.15) is 0 Å². The van der Waals surface area contributed by atoms with Crippen molar-refractivity contribution in [3.8, 4) is 0 Å². The molecule has 0 radical (unpaired) electrons. The molecule has 0 rings (SSSR count). The summed E-state index contributed by atoms with van der Waals surface area (Å²) in [5.74, 6) is 0. The van der Waals surface area contributed by atoms with E-state index in [1.165, 1.54) is 38.5 Å². The maximum Gasteiger partial charge on any atom is 0.237 e. The molecule has 0 aromatic rings. The summed E-state index contributed by atoms with van der Waals surface area (Å²) in [6, 6.07) is 0. The van der Waals surface area contributed by atoms with Gasteiger partial charge in [-0.05, 0) is 19.3 Å². The average molecular weight is 255 g/mol. The Morgan fingerprint density at radius 1 is 0.944 bits per heavy atom. The molecule has 3 heteroatoms. The third-order valence-corrected chi connectivity index (χ3v) is 3.06. The van der Waals surface area contributed by atoms with Gasteiger partial charge in [-0.25, -0.2) is 4.79 Å². The molecule has 3 nitrogen and oxygen atoms in total. The molecule has 0 aromatic carbocycles. The number of rotatable bonds is 13. The molecule has 0 aliphatic rings. The lowest BCUT2D eigenvalue weighted by Crippen LogP contribution is -2.10. The lowest BCUT2D eigenvalue weighted by atomic mass is 10.1.